The summed E-state index contributed by atoms with van der Waals surface area (Å²) in [6.07, 6.45) is 2.59. The van der Waals surface area contributed by atoms with Gasteiger partial charge in [-0.1, -0.05) is 29.8 Å². The van der Waals surface area contributed by atoms with E-state index in [0.717, 1.165) is 9.54 Å². The Labute approximate surface area is 167 Å². The lowest BCUT2D eigenvalue weighted by atomic mass is 9.99. The first-order valence-electron chi connectivity index (χ1n) is 8.62. The van der Waals surface area contributed by atoms with Crippen LogP contribution in [0, 0.1) is 13.0 Å². The molecule has 1 radical (unpaired) electrons. The second-order valence-electron chi connectivity index (χ2n) is 6.55. The molecule has 0 aliphatic rings. The Balaban J connectivity index is 1.96. The summed E-state index contributed by atoms with van der Waals surface area (Å²) in [5.41, 5.74) is 7.55. The minimum atomic E-state index is -3.93. The zero-order chi connectivity index (χ0) is 20.8. The van der Waals surface area contributed by atoms with Gasteiger partial charge in [-0.05, 0) is 36.8 Å². The number of carbonyl (C=O) groups excluding carboxylic acids is 1. The normalized spacial score (nSPS) is 11.6. The number of fused-ring (bicyclic) bond motifs is 1. The standard InChI is InChI=1S/C21H16N3O4S/c1-13-5-7-16(8-6-13)29(27,28)24-10-9-17-19(20(22)26)18(12-23-21(17)24)14-3-2-4-15(25)11-14/h2-8,10-12,25H,1H3,(H2,22,26). The van der Waals surface area contributed by atoms with Crippen molar-refractivity contribution in [3.8, 4) is 16.9 Å². The Morgan fingerprint density at radius 1 is 1.17 bits per heavy atom. The summed E-state index contributed by atoms with van der Waals surface area (Å²) in [6.45, 7) is 1.86. The Morgan fingerprint density at radius 3 is 2.55 bits per heavy atom. The quantitative estimate of drug-likeness (QED) is 0.541. The molecule has 8 heteroatoms. The molecule has 0 saturated carbocycles. The summed E-state index contributed by atoms with van der Waals surface area (Å²) < 4.78 is 27.1. The fourth-order valence-corrected chi connectivity index (χ4v) is 4.41. The van der Waals surface area contributed by atoms with Crippen LogP contribution in [-0.4, -0.2) is 28.4 Å². The van der Waals surface area contributed by atoms with E-state index in [0.29, 0.717) is 11.1 Å². The molecular weight excluding hydrogens is 390 g/mol. The average molecular weight is 406 g/mol. The van der Waals surface area contributed by atoms with Crippen molar-refractivity contribution in [2.24, 2.45) is 5.73 Å². The Kier molecular flexibility index (Phi) is 4.35. The summed E-state index contributed by atoms with van der Waals surface area (Å²) in [5, 5.41) is 9.93. The number of hydrogen-bond donors (Lipinski definition) is 2. The van der Waals surface area contributed by atoms with Crippen molar-refractivity contribution >= 4 is 27.0 Å². The number of primary amides is 1. The maximum atomic E-state index is 13.1. The lowest BCUT2D eigenvalue weighted by Gasteiger charge is -2.11. The number of nitrogens with zero attached hydrogens (tertiary/aromatic N) is 2. The monoisotopic (exact) mass is 406 g/mol. The predicted molar refractivity (Wildman–Crippen MR) is 108 cm³/mol. The van der Waals surface area contributed by atoms with E-state index in [-0.39, 0.29) is 27.2 Å². The maximum absolute atomic E-state index is 13.1. The number of aryl methyl sites for hydroxylation is 1. The number of carbonyl (C=O) groups is 1. The summed E-state index contributed by atoms with van der Waals surface area (Å²) in [7, 11) is -3.93. The molecule has 2 aromatic heterocycles. The van der Waals surface area contributed by atoms with Gasteiger partial charge in [0.05, 0.1) is 10.5 Å². The lowest BCUT2D eigenvalue weighted by molar-refractivity contribution is 0.100. The third kappa shape index (κ3) is 3.13. The number of rotatable bonds is 4. The van der Waals surface area contributed by atoms with Crippen molar-refractivity contribution in [2.75, 3.05) is 0 Å². The second kappa shape index (κ2) is 6.75. The molecule has 0 spiro atoms. The molecule has 0 unspecified atom stereocenters. The van der Waals surface area contributed by atoms with Gasteiger partial charge in [0.15, 0.2) is 5.65 Å². The summed E-state index contributed by atoms with van der Waals surface area (Å²) in [5.74, 6) is -0.737. The van der Waals surface area contributed by atoms with Crippen LogP contribution in [0.2, 0.25) is 0 Å². The summed E-state index contributed by atoms with van der Waals surface area (Å²) in [6, 6.07) is 15.5. The molecule has 1 amide bonds. The van der Waals surface area contributed by atoms with Crippen LogP contribution in [0.1, 0.15) is 15.9 Å². The number of phenols is 1. The number of nitrogens with two attached hydrogens (primary N) is 1. The van der Waals surface area contributed by atoms with Crippen LogP contribution >= 0.6 is 0 Å². The van der Waals surface area contributed by atoms with Crippen molar-refractivity contribution in [3.63, 3.8) is 0 Å². The topological polar surface area (TPSA) is 115 Å². The molecule has 0 aliphatic heterocycles. The van der Waals surface area contributed by atoms with E-state index >= 15 is 0 Å². The van der Waals surface area contributed by atoms with Crippen molar-refractivity contribution < 1.29 is 18.3 Å². The molecule has 0 bridgehead atoms. The molecule has 145 valence electrons. The molecule has 4 aromatic rings. The fraction of sp³-hybridized carbons (Fsp3) is 0.0476. The lowest BCUT2D eigenvalue weighted by Crippen LogP contribution is -2.15. The molecule has 3 N–H and O–H groups in total. The SMILES string of the molecule is Cc1ccc(S(=O)(=O)n2c[c]c3c(C(N)=O)c(-c4cccc(O)c4)cnc32)cc1. The highest BCUT2D eigenvalue weighted by molar-refractivity contribution is 7.90. The first-order chi connectivity index (χ1) is 13.8. The van der Waals surface area contributed by atoms with Gasteiger partial charge in [0.1, 0.15) is 5.75 Å². The van der Waals surface area contributed by atoms with Gasteiger partial charge in [0, 0.05) is 29.4 Å². The van der Waals surface area contributed by atoms with Gasteiger partial charge in [-0.25, -0.2) is 17.4 Å². The first-order valence-corrected chi connectivity index (χ1v) is 10.1. The van der Waals surface area contributed by atoms with E-state index in [9.17, 15) is 18.3 Å². The minimum absolute atomic E-state index is 0.0153. The highest BCUT2D eigenvalue weighted by Crippen LogP contribution is 2.31. The fourth-order valence-electron chi connectivity index (χ4n) is 3.14. The van der Waals surface area contributed by atoms with Crippen LogP contribution in [0.3, 0.4) is 0 Å². The highest BCUT2D eigenvalue weighted by Gasteiger charge is 2.24. The van der Waals surface area contributed by atoms with Crippen LogP contribution in [0.25, 0.3) is 22.2 Å². The first kappa shape index (κ1) is 18.7. The van der Waals surface area contributed by atoms with Crippen molar-refractivity contribution in [1.82, 2.24) is 8.96 Å². The molecular formula is C21H16N3O4S. The number of hydrogen-bond acceptors (Lipinski definition) is 5. The second-order valence-corrected chi connectivity index (χ2v) is 8.36. The van der Waals surface area contributed by atoms with E-state index < -0.39 is 15.9 Å². The van der Waals surface area contributed by atoms with Crippen LogP contribution in [0.5, 0.6) is 5.75 Å². The maximum Gasteiger partial charge on any atom is 0.269 e. The van der Waals surface area contributed by atoms with Gasteiger partial charge < -0.3 is 10.8 Å². The van der Waals surface area contributed by atoms with E-state index in [1.807, 2.05) is 6.92 Å². The number of phenolic OH excluding ortho intramolecular Hbond substituents is 1. The molecule has 29 heavy (non-hydrogen) atoms. The number of amides is 1. The zero-order valence-electron chi connectivity index (χ0n) is 15.3. The number of aromatic hydroxyl groups is 1. The van der Waals surface area contributed by atoms with E-state index in [1.54, 1.807) is 24.3 Å². The Bertz CT molecular complexity index is 1360. The molecule has 4 rings (SSSR count). The molecule has 0 saturated heterocycles. The third-order valence-corrected chi connectivity index (χ3v) is 6.24. The van der Waals surface area contributed by atoms with Gasteiger partial charge >= 0.3 is 0 Å². The molecule has 0 atom stereocenters. The van der Waals surface area contributed by atoms with Crippen molar-refractivity contribution in [2.45, 2.75) is 11.8 Å². The summed E-state index contributed by atoms with van der Waals surface area (Å²) >= 11 is 0. The van der Waals surface area contributed by atoms with Crippen LogP contribution in [-0.2, 0) is 10.0 Å². The highest BCUT2D eigenvalue weighted by atomic mass is 32.2. The Morgan fingerprint density at radius 2 is 1.90 bits per heavy atom. The van der Waals surface area contributed by atoms with E-state index in [1.165, 1.54) is 36.7 Å². The predicted octanol–water partition coefficient (Wildman–Crippen LogP) is 2.85. The van der Waals surface area contributed by atoms with Gasteiger partial charge in [-0.15, -0.1) is 0 Å². The van der Waals surface area contributed by atoms with Crippen LogP contribution in [0.4, 0.5) is 0 Å². The molecule has 0 fully saturated rings. The van der Waals surface area contributed by atoms with Gasteiger partial charge in [0.2, 0.25) is 5.91 Å². The molecule has 0 aliphatic carbocycles. The smallest absolute Gasteiger partial charge is 0.269 e. The Hall–Kier alpha value is -3.65. The van der Waals surface area contributed by atoms with Crippen molar-refractivity contribution in [1.29, 1.82) is 0 Å². The third-order valence-electron chi connectivity index (χ3n) is 4.58. The molecule has 7 nitrogen and oxygen atoms in total. The van der Waals surface area contributed by atoms with Crippen LogP contribution in [0.15, 0.2) is 65.8 Å². The van der Waals surface area contributed by atoms with Gasteiger partial charge in [-0.2, -0.15) is 0 Å². The summed E-state index contributed by atoms with van der Waals surface area (Å²) in [4.78, 5) is 16.6. The average Bonchev–Trinajstić information content (AvgIpc) is 3.12. The van der Waals surface area contributed by atoms with E-state index in [2.05, 4.69) is 11.1 Å². The van der Waals surface area contributed by atoms with Crippen molar-refractivity contribution in [3.05, 3.63) is 78.1 Å². The van der Waals surface area contributed by atoms with Gasteiger partial charge in [0.25, 0.3) is 10.0 Å². The number of aromatic nitrogens is 2. The van der Waals surface area contributed by atoms with Gasteiger partial charge in [-0.3, -0.25) is 4.79 Å². The zero-order valence-corrected chi connectivity index (χ0v) is 16.1. The number of pyridine rings is 1. The number of benzene rings is 2. The molecule has 2 heterocycles. The van der Waals surface area contributed by atoms with E-state index in [4.69, 9.17) is 5.73 Å². The van der Waals surface area contributed by atoms with Crippen LogP contribution < -0.4 is 5.73 Å². The molecule has 2 aromatic carbocycles. The minimum Gasteiger partial charge on any atom is -0.508 e. The largest absolute Gasteiger partial charge is 0.508 e.